The number of phenols is 1. The Morgan fingerprint density at radius 3 is 2.73 bits per heavy atom. The third kappa shape index (κ3) is 2.72. The van der Waals surface area contributed by atoms with Gasteiger partial charge in [-0.15, -0.1) is 0 Å². The molecule has 0 saturated heterocycles. The van der Waals surface area contributed by atoms with E-state index in [1.54, 1.807) is 16.5 Å². The number of imidazole rings is 1. The van der Waals surface area contributed by atoms with Crippen LogP contribution in [0.4, 0.5) is 5.69 Å². The maximum Gasteiger partial charge on any atom is 0.274 e. The van der Waals surface area contributed by atoms with Crippen molar-refractivity contribution in [1.82, 2.24) is 9.38 Å². The van der Waals surface area contributed by atoms with Crippen molar-refractivity contribution in [2.24, 2.45) is 0 Å². The maximum atomic E-state index is 13.1. The third-order valence-electron chi connectivity index (χ3n) is 4.35. The van der Waals surface area contributed by atoms with Gasteiger partial charge in [0, 0.05) is 27.1 Å². The molecule has 0 unspecified atom stereocenters. The fourth-order valence-corrected chi connectivity index (χ4v) is 3.48. The smallest absolute Gasteiger partial charge is 0.274 e. The van der Waals surface area contributed by atoms with Crippen molar-refractivity contribution < 1.29 is 9.90 Å². The molecule has 6 heteroatoms. The number of rotatable bonds is 3. The summed E-state index contributed by atoms with van der Waals surface area (Å²) in [6, 6.07) is 14.5. The topological polar surface area (TPSA) is 66.6 Å². The van der Waals surface area contributed by atoms with E-state index in [0.29, 0.717) is 23.2 Å². The van der Waals surface area contributed by atoms with Gasteiger partial charge in [0.1, 0.15) is 17.1 Å². The molecule has 2 aromatic carbocycles. The number of pyridine rings is 1. The fourth-order valence-electron chi connectivity index (χ4n) is 3.14. The summed E-state index contributed by atoms with van der Waals surface area (Å²) < 4.78 is 2.66. The monoisotopic (exact) mass is 409 g/mol. The predicted octanol–water partition coefficient (Wildman–Crippen LogP) is 4.77. The molecule has 2 heterocycles. The van der Waals surface area contributed by atoms with Gasteiger partial charge < -0.3 is 10.4 Å². The molecule has 4 aromatic rings. The number of hydrogen-bond donors (Lipinski definition) is 2. The summed E-state index contributed by atoms with van der Waals surface area (Å²) in [6.07, 6.45) is 2.49. The molecule has 0 radical (unpaired) electrons. The van der Waals surface area contributed by atoms with Crippen molar-refractivity contribution in [2.45, 2.75) is 13.3 Å². The maximum absolute atomic E-state index is 13.1. The van der Waals surface area contributed by atoms with Crippen LogP contribution in [0, 0.1) is 0 Å². The van der Waals surface area contributed by atoms with Crippen LogP contribution in [0.3, 0.4) is 0 Å². The first kappa shape index (κ1) is 16.6. The molecule has 0 aliphatic rings. The van der Waals surface area contributed by atoms with Crippen molar-refractivity contribution in [1.29, 1.82) is 0 Å². The molecule has 0 saturated carbocycles. The molecule has 2 N–H and O–H groups in total. The Balaban J connectivity index is 1.82. The van der Waals surface area contributed by atoms with Gasteiger partial charge in [-0.3, -0.25) is 9.20 Å². The second kappa shape index (κ2) is 6.46. The highest BCUT2D eigenvalue weighted by Gasteiger charge is 2.19. The average Bonchev–Trinajstić information content (AvgIpc) is 3.00. The van der Waals surface area contributed by atoms with Crippen molar-refractivity contribution >= 4 is 43.9 Å². The molecular weight excluding hydrogens is 394 g/mol. The number of aromatic nitrogens is 2. The molecule has 1 amide bonds. The molecule has 4 rings (SSSR count). The highest BCUT2D eigenvalue weighted by molar-refractivity contribution is 9.10. The molecule has 2 aromatic heterocycles. The molecular formula is C20H16BrN3O2. The van der Waals surface area contributed by atoms with Crippen molar-refractivity contribution in [3.8, 4) is 5.75 Å². The first-order valence-electron chi connectivity index (χ1n) is 8.27. The summed E-state index contributed by atoms with van der Waals surface area (Å²) in [5, 5.41) is 14.5. The number of amides is 1. The Labute approximate surface area is 158 Å². The zero-order chi connectivity index (χ0) is 18.3. The van der Waals surface area contributed by atoms with E-state index in [0.717, 1.165) is 21.2 Å². The van der Waals surface area contributed by atoms with Gasteiger partial charge in [0.2, 0.25) is 0 Å². The van der Waals surface area contributed by atoms with E-state index in [1.165, 1.54) is 0 Å². The number of anilines is 1. The summed E-state index contributed by atoms with van der Waals surface area (Å²) in [7, 11) is 0. The second-order valence-electron chi connectivity index (χ2n) is 5.97. The van der Waals surface area contributed by atoms with Crippen LogP contribution in [-0.2, 0) is 6.42 Å². The van der Waals surface area contributed by atoms with Crippen LogP contribution >= 0.6 is 15.9 Å². The number of carbonyl (C=O) groups excluding carboxylic acids is 1. The van der Waals surface area contributed by atoms with Crippen molar-refractivity contribution in [3.05, 3.63) is 70.6 Å². The quantitative estimate of drug-likeness (QED) is 0.511. The number of benzene rings is 2. The highest BCUT2D eigenvalue weighted by Crippen LogP contribution is 2.30. The van der Waals surface area contributed by atoms with Gasteiger partial charge in [0.05, 0.1) is 5.69 Å². The zero-order valence-electron chi connectivity index (χ0n) is 14.0. The number of nitrogens with zero attached hydrogens (tertiary/aromatic N) is 2. The standard InChI is InChI=1S/C20H16BrN3O2/c1-2-15-19(24-11-12(21)9-10-18(24)22-15)20(26)23-16-7-3-6-14-13(16)5-4-8-17(14)25/h3-11,25H,2H2,1H3,(H,23,26). The van der Waals surface area contributed by atoms with E-state index in [-0.39, 0.29) is 11.7 Å². The van der Waals surface area contributed by atoms with E-state index >= 15 is 0 Å². The number of phenolic OH excluding ortho intramolecular Hbond substituents is 1. The van der Waals surface area contributed by atoms with Gasteiger partial charge in [-0.2, -0.15) is 0 Å². The van der Waals surface area contributed by atoms with Crippen LogP contribution in [0.5, 0.6) is 5.75 Å². The lowest BCUT2D eigenvalue weighted by Crippen LogP contribution is -2.16. The number of nitrogens with one attached hydrogen (secondary N) is 1. The summed E-state index contributed by atoms with van der Waals surface area (Å²) in [5.41, 5.74) is 2.63. The Morgan fingerprint density at radius 1 is 1.15 bits per heavy atom. The van der Waals surface area contributed by atoms with E-state index in [9.17, 15) is 9.90 Å². The number of aryl methyl sites for hydroxylation is 1. The minimum absolute atomic E-state index is 0.187. The Bertz CT molecular complexity index is 1150. The average molecular weight is 410 g/mol. The number of hydrogen-bond acceptors (Lipinski definition) is 3. The molecule has 26 heavy (non-hydrogen) atoms. The predicted molar refractivity (Wildman–Crippen MR) is 106 cm³/mol. The Hall–Kier alpha value is -2.86. The van der Waals surface area contributed by atoms with Gasteiger partial charge in [0.25, 0.3) is 5.91 Å². The summed E-state index contributed by atoms with van der Waals surface area (Å²) in [6.45, 7) is 1.98. The first-order chi connectivity index (χ1) is 12.6. The van der Waals surface area contributed by atoms with E-state index in [2.05, 4.69) is 26.2 Å². The van der Waals surface area contributed by atoms with Crippen LogP contribution < -0.4 is 5.32 Å². The largest absolute Gasteiger partial charge is 0.507 e. The van der Waals surface area contributed by atoms with Crippen molar-refractivity contribution in [3.63, 3.8) is 0 Å². The lowest BCUT2D eigenvalue weighted by Gasteiger charge is -2.10. The lowest BCUT2D eigenvalue weighted by atomic mass is 10.1. The van der Waals surface area contributed by atoms with Crippen LogP contribution in [0.25, 0.3) is 16.4 Å². The number of carbonyl (C=O) groups is 1. The summed E-state index contributed by atoms with van der Waals surface area (Å²) in [4.78, 5) is 17.6. The third-order valence-corrected chi connectivity index (χ3v) is 4.82. The minimum atomic E-state index is -0.233. The van der Waals surface area contributed by atoms with Gasteiger partial charge >= 0.3 is 0 Å². The molecule has 0 aliphatic carbocycles. The highest BCUT2D eigenvalue weighted by atomic mass is 79.9. The number of halogens is 1. The van der Waals surface area contributed by atoms with Crippen molar-refractivity contribution in [2.75, 3.05) is 5.32 Å². The van der Waals surface area contributed by atoms with E-state index in [1.807, 2.05) is 49.5 Å². The van der Waals surface area contributed by atoms with Gasteiger partial charge in [-0.1, -0.05) is 31.2 Å². The fraction of sp³-hybridized carbons (Fsp3) is 0.100. The lowest BCUT2D eigenvalue weighted by molar-refractivity contribution is 0.102. The zero-order valence-corrected chi connectivity index (χ0v) is 15.6. The number of aromatic hydroxyl groups is 1. The first-order valence-corrected chi connectivity index (χ1v) is 9.06. The SMILES string of the molecule is CCc1nc2ccc(Br)cn2c1C(=O)Nc1cccc2c(O)cccc12. The summed E-state index contributed by atoms with van der Waals surface area (Å²) in [5.74, 6) is -0.0464. The van der Waals surface area contributed by atoms with Crippen LogP contribution in [0.2, 0.25) is 0 Å². The van der Waals surface area contributed by atoms with E-state index < -0.39 is 0 Å². The Morgan fingerprint density at radius 2 is 1.92 bits per heavy atom. The van der Waals surface area contributed by atoms with Gasteiger partial charge in [-0.05, 0) is 46.6 Å². The molecule has 0 aliphatic heterocycles. The van der Waals surface area contributed by atoms with Gasteiger partial charge in [-0.25, -0.2) is 4.98 Å². The molecule has 0 fully saturated rings. The van der Waals surface area contributed by atoms with Crippen LogP contribution in [0.15, 0.2) is 59.2 Å². The minimum Gasteiger partial charge on any atom is -0.507 e. The molecule has 0 spiro atoms. The van der Waals surface area contributed by atoms with E-state index in [4.69, 9.17) is 0 Å². The second-order valence-corrected chi connectivity index (χ2v) is 6.88. The Kier molecular flexibility index (Phi) is 4.12. The molecule has 0 bridgehead atoms. The molecule has 0 atom stereocenters. The van der Waals surface area contributed by atoms with Crippen LogP contribution in [-0.4, -0.2) is 20.4 Å². The molecule has 130 valence electrons. The summed E-state index contributed by atoms with van der Waals surface area (Å²) >= 11 is 3.45. The van der Waals surface area contributed by atoms with Gasteiger partial charge in [0.15, 0.2) is 0 Å². The molecule has 5 nitrogen and oxygen atoms in total. The normalized spacial score (nSPS) is 11.2. The van der Waals surface area contributed by atoms with Crippen LogP contribution in [0.1, 0.15) is 23.1 Å². The number of fused-ring (bicyclic) bond motifs is 2.